The van der Waals surface area contributed by atoms with Crippen molar-refractivity contribution < 1.29 is 28.2 Å². The van der Waals surface area contributed by atoms with Gasteiger partial charge in [0.1, 0.15) is 17.5 Å². The first kappa shape index (κ1) is 20.7. The molecule has 1 saturated heterocycles. The normalized spacial score (nSPS) is 19.0. The fraction of sp³-hybridized carbons (Fsp3) is 0.318. The van der Waals surface area contributed by atoms with Gasteiger partial charge in [0, 0.05) is 19.2 Å². The summed E-state index contributed by atoms with van der Waals surface area (Å²) in [6.45, 7) is 2.15. The number of rotatable bonds is 7. The smallest absolute Gasteiger partial charge is 0.291 e. The molecule has 29 heavy (non-hydrogen) atoms. The minimum Gasteiger partial charge on any atom is -0.496 e. The van der Waals surface area contributed by atoms with E-state index in [0.29, 0.717) is 16.9 Å². The summed E-state index contributed by atoms with van der Waals surface area (Å²) in [5, 5.41) is 0. The van der Waals surface area contributed by atoms with Gasteiger partial charge < -0.3 is 14.4 Å². The molecule has 0 spiro atoms. The first-order valence-electron chi connectivity index (χ1n) is 9.17. The molecule has 1 fully saturated rings. The average molecular weight is 399 g/mol. The number of nitrogens with zero attached hydrogens (tertiary/aromatic N) is 1. The molecule has 0 aromatic heterocycles. The minimum atomic E-state index is -1.21. The van der Waals surface area contributed by atoms with Crippen molar-refractivity contribution in [3.8, 4) is 5.75 Å². The Morgan fingerprint density at radius 1 is 1.10 bits per heavy atom. The number of hydrogen-bond donors (Lipinski definition) is 0. The molecule has 1 heterocycles. The van der Waals surface area contributed by atoms with E-state index in [1.165, 1.54) is 43.4 Å². The number of ether oxygens (including phenoxy) is 2. The van der Waals surface area contributed by atoms with Crippen LogP contribution in [0.1, 0.15) is 27.5 Å². The van der Waals surface area contributed by atoms with E-state index in [4.69, 9.17) is 9.47 Å². The number of ketones is 2. The maximum atomic E-state index is 13.4. The second-order valence-electron chi connectivity index (χ2n) is 6.88. The zero-order valence-corrected chi connectivity index (χ0v) is 16.5. The molecule has 7 heteroatoms. The highest BCUT2D eigenvalue weighted by Crippen LogP contribution is 2.38. The Balaban J connectivity index is 2.04. The van der Waals surface area contributed by atoms with E-state index < -0.39 is 35.3 Å². The van der Waals surface area contributed by atoms with Crippen LogP contribution in [-0.2, 0) is 14.3 Å². The van der Waals surface area contributed by atoms with Crippen molar-refractivity contribution in [1.82, 2.24) is 4.90 Å². The summed E-state index contributed by atoms with van der Waals surface area (Å²) in [6, 6.07) is 9.52. The van der Waals surface area contributed by atoms with Gasteiger partial charge in [-0.15, -0.1) is 0 Å². The van der Waals surface area contributed by atoms with Gasteiger partial charge in [-0.25, -0.2) is 4.39 Å². The molecule has 0 bridgehead atoms. The number of halogens is 1. The van der Waals surface area contributed by atoms with Crippen LogP contribution in [0.3, 0.4) is 0 Å². The topological polar surface area (TPSA) is 72.9 Å². The van der Waals surface area contributed by atoms with Crippen LogP contribution in [0.25, 0.3) is 0 Å². The first-order valence-corrected chi connectivity index (χ1v) is 9.17. The van der Waals surface area contributed by atoms with Crippen molar-refractivity contribution in [2.75, 3.05) is 27.4 Å². The fourth-order valence-electron chi connectivity index (χ4n) is 3.66. The Kier molecular flexibility index (Phi) is 6.08. The molecule has 152 valence electrons. The minimum absolute atomic E-state index is 0.147. The van der Waals surface area contributed by atoms with Crippen LogP contribution in [0.4, 0.5) is 4.39 Å². The van der Waals surface area contributed by atoms with Crippen LogP contribution >= 0.6 is 0 Å². The van der Waals surface area contributed by atoms with E-state index in [1.54, 1.807) is 25.1 Å². The number of benzene rings is 2. The van der Waals surface area contributed by atoms with Gasteiger partial charge in [0.05, 0.1) is 19.8 Å². The van der Waals surface area contributed by atoms with Crippen molar-refractivity contribution in [1.29, 1.82) is 0 Å². The van der Waals surface area contributed by atoms with Crippen LogP contribution in [-0.4, -0.2) is 49.7 Å². The van der Waals surface area contributed by atoms with Gasteiger partial charge >= 0.3 is 0 Å². The molecule has 0 aliphatic carbocycles. The molecule has 1 aliphatic rings. The molecule has 2 atom stereocenters. The van der Waals surface area contributed by atoms with Crippen LogP contribution < -0.4 is 4.74 Å². The number of methoxy groups -OCH3 is 2. The zero-order valence-electron chi connectivity index (χ0n) is 16.5. The number of carbonyl (C=O) groups excluding carboxylic acids is 3. The molecule has 2 unspecified atom stereocenters. The van der Waals surface area contributed by atoms with Crippen molar-refractivity contribution in [2.24, 2.45) is 5.92 Å². The van der Waals surface area contributed by atoms with Crippen LogP contribution in [0, 0.1) is 18.7 Å². The van der Waals surface area contributed by atoms with Crippen LogP contribution in [0.5, 0.6) is 5.75 Å². The summed E-state index contributed by atoms with van der Waals surface area (Å²) in [4.78, 5) is 40.1. The van der Waals surface area contributed by atoms with Crippen molar-refractivity contribution >= 4 is 17.5 Å². The Hall–Kier alpha value is -3.06. The summed E-state index contributed by atoms with van der Waals surface area (Å²) >= 11 is 0. The second kappa shape index (κ2) is 8.53. The standard InChI is InChI=1S/C22H22FNO5/c1-13-12-15(6-9-17(13)29-3)20(25)18-19(14-4-7-16(23)8-5-14)24(10-11-28-2)22(27)21(18)26/h4-9,12,18-19H,10-11H2,1-3H3. The Labute approximate surface area is 168 Å². The highest BCUT2D eigenvalue weighted by Gasteiger charge is 2.51. The maximum Gasteiger partial charge on any atom is 0.291 e. The highest BCUT2D eigenvalue weighted by molar-refractivity contribution is 6.44. The average Bonchev–Trinajstić information content (AvgIpc) is 2.96. The van der Waals surface area contributed by atoms with Gasteiger partial charge in [-0.2, -0.15) is 0 Å². The highest BCUT2D eigenvalue weighted by atomic mass is 19.1. The van der Waals surface area contributed by atoms with Gasteiger partial charge in [0.15, 0.2) is 5.78 Å². The lowest BCUT2D eigenvalue weighted by atomic mass is 9.86. The molecule has 0 saturated carbocycles. The molecule has 2 aromatic rings. The summed E-state index contributed by atoms with van der Waals surface area (Å²) in [6.07, 6.45) is 0. The number of carbonyl (C=O) groups is 3. The van der Waals surface area contributed by atoms with Gasteiger partial charge in [-0.05, 0) is 48.4 Å². The van der Waals surface area contributed by atoms with Gasteiger partial charge in [0.2, 0.25) is 5.78 Å². The molecule has 1 amide bonds. The zero-order chi connectivity index (χ0) is 21.1. The van der Waals surface area contributed by atoms with E-state index in [9.17, 15) is 18.8 Å². The maximum absolute atomic E-state index is 13.4. The molecular weight excluding hydrogens is 377 g/mol. The Morgan fingerprint density at radius 3 is 2.38 bits per heavy atom. The van der Waals surface area contributed by atoms with E-state index in [-0.39, 0.29) is 13.2 Å². The molecular formula is C22H22FNO5. The van der Waals surface area contributed by atoms with Crippen molar-refractivity contribution in [3.05, 3.63) is 65.0 Å². The number of likely N-dealkylation sites (tertiary alicyclic amines) is 1. The number of Topliss-reactive ketones (excluding diaryl/α,β-unsaturated/α-hetero) is 2. The quantitative estimate of drug-likeness (QED) is 0.407. The van der Waals surface area contributed by atoms with Crippen LogP contribution in [0.2, 0.25) is 0 Å². The fourth-order valence-corrected chi connectivity index (χ4v) is 3.66. The lowest BCUT2D eigenvalue weighted by molar-refractivity contribution is -0.141. The number of hydrogen-bond acceptors (Lipinski definition) is 5. The van der Waals surface area contributed by atoms with Crippen LogP contribution in [0.15, 0.2) is 42.5 Å². The predicted molar refractivity (Wildman–Crippen MR) is 103 cm³/mol. The summed E-state index contributed by atoms with van der Waals surface area (Å²) in [7, 11) is 3.01. The lowest BCUT2D eigenvalue weighted by Gasteiger charge is -2.27. The third kappa shape index (κ3) is 3.91. The summed E-state index contributed by atoms with van der Waals surface area (Å²) in [5.41, 5.74) is 1.57. The second-order valence-corrected chi connectivity index (χ2v) is 6.88. The molecule has 2 aromatic carbocycles. The lowest BCUT2D eigenvalue weighted by Crippen LogP contribution is -2.33. The van der Waals surface area contributed by atoms with E-state index >= 15 is 0 Å². The largest absolute Gasteiger partial charge is 0.496 e. The van der Waals surface area contributed by atoms with Gasteiger partial charge in [-0.3, -0.25) is 14.4 Å². The SMILES string of the molecule is COCCN1C(=O)C(=O)C(C(=O)c2ccc(OC)c(C)c2)C1c1ccc(F)cc1. The van der Waals surface area contributed by atoms with Gasteiger partial charge in [-0.1, -0.05) is 12.1 Å². The van der Waals surface area contributed by atoms with E-state index in [0.717, 1.165) is 5.56 Å². The van der Waals surface area contributed by atoms with E-state index in [2.05, 4.69) is 0 Å². The summed E-state index contributed by atoms with van der Waals surface area (Å²) < 4.78 is 23.7. The van der Waals surface area contributed by atoms with E-state index in [1.807, 2.05) is 0 Å². The monoisotopic (exact) mass is 399 g/mol. The number of amides is 1. The summed E-state index contributed by atoms with van der Waals surface area (Å²) in [5.74, 6) is -3.00. The molecule has 3 rings (SSSR count). The first-order chi connectivity index (χ1) is 13.9. The third-order valence-electron chi connectivity index (χ3n) is 5.12. The predicted octanol–water partition coefficient (Wildman–Crippen LogP) is 2.74. The third-order valence-corrected chi connectivity index (χ3v) is 5.12. The molecule has 6 nitrogen and oxygen atoms in total. The van der Waals surface area contributed by atoms with Crippen molar-refractivity contribution in [2.45, 2.75) is 13.0 Å². The Morgan fingerprint density at radius 2 is 1.79 bits per heavy atom. The Bertz CT molecular complexity index is 941. The van der Waals surface area contributed by atoms with Gasteiger partial charge in [0.25, 0.3) is 5.91 Å². The number of aryl methyl sites for hydroxylation is 1. The van der Waals surface area contributed by atoms with Crippen molar-refractivity contribution in [3.63, 3.8) is 0 Å². The molecule has 0 N–H and O–H groups in total. The molecule has 0 radical (unpaired) electrons. The molecule has 1 aliphatic heterocycles.